The van der Waals surface area contributed by atoms with Crippen LogP contribution in [0.15, 0.2) is 65.3 Å². The van der Waals surface area contributed by atoms with Gasteiger partial charge in [0.1, 0.15) is 11.2 Å². The molecule has 2 aromatic heterocycles. The second kappa shape index (κ2) is 7.53. The SMILES string of the molecule is Cc1ccc(-c2csc3ncnc(N/N=C\c4ccccc4[N+](=O)[O-])c23)cc1. The summed E-state index contributed by atoms with van der Waals surface area (Å²) in [7, 11) is 0. The Morgan fingerprint density at radius 1 is 1.14 bits per heavy atom. The maximum atomic E-state index is 11.1. The molecule has 0 saturated heterocycles. The zero-order chi connectivity index (χ0) is 19.5. The Morgan fingerprint density at radius 3 is 2.71 bits per heavy atom. The van der Waals surface area contributed by atoms with E-state index in [1.54, 1.807) is 18.2 Å². The van der Waals surface area contributed by atoms with Crippen molar-refractivity contribution in [3.63, 3.8) is 0 Å². The van der Waals surface area contributed by atoms with Crippen LogP contribution in [0.1, 0.15) is 11.1 Å². The molecule has 0 aliphatic rings. The normalized spacial score (nSPS) is 11.2. The molecule has 2 aromatic carbocycles. The maximum absolute atomic E-state index is 11.1. The molecule has 7 nitrogen and oxygen atoms in total. The molecule has 1 N–H and O–H groups in total. The van der Waals surface area contributed by atoms with Crippen molar-refractivity contribution in [3.8, 4) is 11.1 Å². The van der Waals surface area contributed by atoms with Gasteiger partial charge < -0.3 is 0 Å². The third-order valence-electron chi connectivity index (χ3n) is 4.24. The van der Waals surface area contributed by atoms with E-state index in [0.29, 0.717) is 11.4 Å². The monoisotopic (exact) mass is 389 g/mol. The lowest BCUT2D eigenvalue weighted by Crippen LogP contribution is -1.98. The number of hydrazone groups is 1. The van der Waals surface area contributed by atoms with E-state index in [1.165, 1.54) is 35.5 Å². The number of aryl methyl sites for hydroxylation is 1. The zero-order valence-electron chi connectivity index (χ0n) is 14.9. The summed E-state index contributed by atoms with van der Waals surface area (Å²) in [5.41, 5.74) is 6.59. The number of nitro benzene ring substituents is 1. The predicted octanol–water partition coefficient (Wildman–Crippen LogP) is 5.02. The fraction of sp³-hybridized carbons (Fsp3) is 0.0500. The minimum Gasteiger partial charge on any atom is -0.261 e. The lowest BCUT2D eigenvalue weighted by Gasteiger charge is -2.05. The lowest BCUT2D eigenvalue weighted by atomic mass is 10.0. The summed E-state index contributed by atoms with van der Waals surface area (Å²) in [6.07, 6.45) is 2.89. The van der Waals surface area contributed by atoms with Crippen LogP contribution < -0.4 is 5.43 Å². The van der Waals surface area contributed by atoms with Gasteiger partial charge in [0.15, 0.2) is 5.82 Å². The first-order valence-electron chi connectivity index (χ1n) is 8.45. The molecule has 28 heavy (non-hydrogen) atoms. The van der Waals surface area contributed by atoms with Gasteiger partial charge in [0.05, 0.1) is 22.1 Å². The van der Waals surface area contributed by atoms with Crippen LogP contribution in [0.2, 0.25) is 0 Å². The first-order chi connectivity index (χ1) is 13.6. The number of benzene rings is 2. The summed E-state index contributed by atoms with van der Waals surface area (Å²) in [6.45, 7) is 2.04. The molecular formula is C20H15N5O2S. The minimum atomic E-state index is -0.432. The van der Waals surface area contributed by atoms with E-state index in [-0.39, 0.29) is 5.69 Å². The standard InChI is InChI=1S/C20H15N5O2S/c1-13-6-8-14(9-7-13)16-11-28-20-18(16)19(21-12-22-20)24-23-10-15-4-2-3-5-17(15)25(26)27/h2-12H,1H3,(H,21,22,24)/b23-10-. The Labute approximate surface area is 164 Å². The molecule has 0 aliphatic heterocycles. The third kappa shape index (κ3) is 3.45. The molecule has 8 heteroatoms. The molecule has 2 heterocycles. The van der Waals surface area contributed by atoms with Gasteiger partial charge >= 0.3 is 0 Å². The molecule has 0 bridgehead atoms. The third-order valence-corrected chi connectivity index (χ3v) is 5.13. The van der Waals surface area contributed by atoms with Crippen LogP contribution in [0.25, 0.3) is 21.3 Å². The molecule has 138 valence electrons. The van der Waals surface area contributed by atoms with Crippen molar-refractivity contribution in [1.82, 2.24) is 9.97 Å². The Kier molecular flexibility index (Phi) is 4.77. The van der Waals surface area contributed by atoms with Crippen LogP contribution in [-0.2, 0) is 0 Å². The van der Waals surface area contributed by atoms with Crippen LogP contribution in [0, 0.1) is 17.0 Å². The molecule has 0 atom stereocenters. The Hall–Kier alpha value is -3.65. The van der Waals surface area contributed by atoms with Crippen molar-refractivity contribution in [2.24, 2.45) is 5.10 Å². The molecule has 4 aromatic rings. The molecule has 0 fully saturated rings. The van der Waals surface area contributed by atoms with Gasteiger partial charge in [0, 0.05) is 17.0 Å². The van der Waals surface area contributed by atoms with Gasteiger partial charge in [0.25, 0.3) is 5.69 Å². The number of nitro groups is 1. The van der Waals surface area contributed by atoms with E-state index in [9.17, 15) is 10.1 Å². The van der Waals surface area contributed by atoms with Crippen LogP contribution >= 0.6 is 11.3 Å². The van der Waals surface area contributed by atoms with E-state index in [2.05, 4.69) is 44.8 Å². The first-order valence-corrected chi connectivity index (χ1v) is 9.33. The predicted molar refractivity (Wildman–Crippen MR) is 112 cm³/mol. The molecule has 0 aliphatic carbocycles. The summed E-state index contributed by atoms with van der Waals surface area (Å²) in [6, 6.07) is 14.7. The molecule has 0 spiro atoms. The fourth-order valence-corrected chi connectivity index (χ4v) is 3.75. The van der Waals surface area contributed by atoms with E-state index in [1.807, 2.05) is 12.3 Å². The summed E-state index contributed by atoms with van der Waals surface area (Å²) in [5.74, 6) is 0.552. The van der Waals surface area contributed by atoms with Crippen LogP contribution in [0.3, 0.4) is 0 Å². The molecular weight excluding hydrogens is 374 g/mol. The quantitative estimate of drug-likeness (QED) is 0.294. The van der Waals surface area contributed by atoms with E-state index in [4.69, 9.17) is 0 Å². The first kappa shape index (κ1) is 17.7. The average Bonchev–Trinajstić information content (AvgIpc) is 3.14. The molecule has 0 radical (unpaired) electrons. The second-order valence-electron chi connectivity index (χ2n) is 6.10. The van der Waals surface area contributed by atoms with Gasteiger partial charge in [-0.25, -0.2) is 9.97 Å². The van der Waals surface area contributed by atoms with Crippen LogP contribution in [0.4, 0.5) is 11.5 Å². The zero-order valence-corrected chi connectivity index (χ0v) is 15.7. The highest BCUT2D eigenvalue weighted by Crippen LogP contribution is 2.36. The number of rotatable bonds is 5. The molecule has 0 saturated carbocycles. The number of hydrogen-bond acceptors (Lipinski definition) is 7. The highest BCUT2D eigenvalue weighted by atomic mass is 32.1. The molecule has 0 amide bonds. The van der Waals surface area contributed by atoms with Gasteiger partial charge in [-0.1, -0.05) is 42.0 Å². The smallest absolute Gasteiger partial charge is 0.261 e. The highest BCUT2D eigenvalue weighted by Gasteiger charge is 2.13. The second-order valence-corrected chi connectivity index (χ2v) is 6.96. The Bertz CT molecular complexity index is 1180. The topological polar surface area (TPSA) is 93.3 Å². The summed E-state index contributed by atoms with van der Waals surface area (Å²) >= 11 is 1.53. The van der Waals surface area contributed by atoms with Crippen molar-refractivity contribution >= 4 is 39.3 Å². The highest BCUT2D eigenvalue weighted by molar-refractivity contribution is 7.17. The van der Waals surface area contributed by atoms with Crippen LogP contribution in [-0.4, -0.2) is 21.1 Å². The number of fused-ring (bicyclic) bond motifs is 1. The minimum absolute atomic E-state index is 0.00300. The number of nitrogens with one attached hydrogen (secondary N) is 1. The Balaban J connectivity index is 1.69. The number of anilines is 1. The van der Waals surface area contributed by atoms with E-state index >= 15 is 0 Å². The largest absolute Gasteiger partial charge is 0.278 e. The molecule has 4 rings (SSSR count). The lowest BCUT2D eigenvalue weighted by molar-refractivity contribution is -0.385. The van der Waals surface area contributed by atoms with Crippen molar-refractivity contribution in [2.45, 2.75) is 6.92 Å². The number of para-hydroxylation sites is 1. The number of thiophene rings is 1. The summed E-state index contributed by atoms with van der Waals surface area (Å²) in [5, 5.41) is 18.2. The van der Waals surface area contributed by atoms with Crippen molar-refractivity contribution in [1.29, 1.82) is 0 Å². The average molecular weight is 389 g/mol. The van der Waals surface area contributed by atoms with Crippen molar-refractivity contribution in [3.05, 3.63) is 81.5 Å². The van der Waals surface area contributed by atoms with E-state index in [0.717, 1.165) is 21.3 Å². The maximum Gasteiger partial charge on any atom is 0.278 e. The fourth-order valence-electron chi connectivity index (χ4n) is 2.83. The van der Waals surface area contributed by atoms with Crippen molar-refractivity contribution in [2.75, 3.05) is 5.43 Å². The summed E-state index contributed by atoms with van der Waals surface area (Å²) < 4.78 is 0. The van der Waals surface area contributed by atoms with E-state index < -0.39 is 4.92 Å². The van der Waals surface area contributed by atoms with Gasteiger partial charge in [0.2, 0.25) is 0 Å². The van der Waals surface area contributed by atoms with Gasteiger partial charge in [-0.2, -0.15) is 5.10 Å². The van der Waals surface area contributed by atoms with Gasteiger partial charge in [-0.05, 0) is 18.6 Å². The molecule has 0 unspecified atom stereocenters. The Morgan fingerprint density at radius 2 is 1.93 bits per heavy atom. The van der Waals surface area contributed by atoms with Crippen LogP contribution in [0.5, 0.6) is 0 Å². The number of aromatic nitrogens is 2. The van der Waals surface area contributed by atoms with Crippen molar-refractivity contribution < 1.29 is 4.92 Å². The number of hydrogen-bond donors (Lipinski definition) is 1. The van der Waals surface area contributed by atoms with Gasteiger partial charge in [-0.3, -0.25) is 15.5 Å². The van der Waals surface area contributed by atoms with Gasteiger partial charge in [-0.15, -0.1) is 11.3 Å². The number of nitrogens with zero attached hydrogens (tertiary/aromatic N) is 4. The summed E-state index contributed by atoms with van der Waals surface area (Å²) in [4.78, 5) is 20.2.